The fourth-order valence-electron chi connectivity index (χ4n) is 5.01. The van der Waals surface area contributed by atoms with Crippen LogP contribution in [0.5, 0.6) is 17.2 Å². The zero-order chi connectivity index (χ0) is 29.9. The van der Waals surface area contributed by atoms with E-state index in [1.165, 1.54) is 16.2 Å². The van der Waals surface area contributed by atoms with Crippen molar-refractivity contribution in [3.63, 3.8) is 0 Å². The van der Waals surface area contributed by atoms with E-state index in [4.69, 9.17) is 14.2 Å². The molecule has 43 heavy (non-hydrogen) atoms. The molecule has 1 amide bonds. The molecule has 1 saturated heterocycles. The van der Waals surface area contributed by atoms with Gasteiger partial charge in [-0.15, -0.1) is 0 Å². The number of aliphatic hydroxyl groups is 1. The summed E-state index contributed by atoms with van der Waals surface area (Å²) in [4.78, 5) is 33.3. The van der Waals surface area contributed by atoms with E-state index >= 15 is 0 Å². The van der Waals surface area contributed by atoms with Crippen LogP contribution in [0.2, 0.25) is 0 Å². The summed E-state index contributed by atoms with van der Waals surface area (Å²) in [6.45, 7) is 2.69. The van der Waals surface area contributed by atoms with Gasteiger partial charge in [0.25, 0.3) is 5.78 Å². The SMILES string of the molecule is CCOc1cccc(C(O)=C2C(=O)C(=O)N(c3nc4ccc(OC)cc4s3)C2c2ccc(OCc3ccccc3)cc2)c1. The van der Waals surface area contributed by atoms with Crippen molar-refractivity contribution in [2.45, 2.75) is 19.6 Å². The number of rotatable bonds is 9. The fourth-order valence-corrected chi connectivity index (χ4v) is 6.03. The Balaban J connectivity index is 1.43. The van der Waals surface area contributed by atoms with Gasteiger partial charge in [0.15, 0.2) is 5.13 Å². The van der Waals surface area contributed by atoms with Gasteiger partial charge in [-0.25, -0.2) is 4.98 Å². The number of nitrogens with zero attached hydrogens (tertiary/aromatic N) is 2. The number of anilines is 1. The molecule has 8 nitrogen and oxygen atoms in total. The summed E-state index contributed by atoms with van der Waals surface area (Å²) in [5.41, 5.74) is 2.64. The molecule has 2 heterocycles. The number of hydrogen-bond acceptors (Lipinski definition) is 8. The third-order valence-electron chi connectivity index (χ3n) is 7.10. The van der Waals surface area contributed by atoms with E-state index < -0.39 is 17.7 Å². The summed E-state index contributed by atoms with van der Waals surface area (Å²) < 4.78 is 17.7. The number of fused-ring (bicyclic) bond motifs is 1. The van der Waals surface area contributed by atoms with Gasteiger partial charge < -0.3 is 19.3 Å². The Labute approximate surface area is 252 Å². The first kappa shape index (κ1) is 28.0. The summed E-state index contributed by atoms with van der Waals surface area (Å²) in [6, 6.07) is 28.3. The van der Waals surface area contributed by atoms with Crippen molar-refractivity contribution in [3.05, 3.63) is 119 Å². The molecule has 1 N–H and O–H groups in total. The molecule has 1 atom stereocenters. The second-order valence-corrected chi connectivity index (χ2v) is 10.8. The molecule has 1 fully saturated rings. The Morgan fingerprint density at radius 3 is 2.40 bits per heavy atom. The molecule has 0 radical (unpaired) electrons. The van der Waals surface area contributed by atoms with Gasteiger partial charge >= 0.3 is 5.91 Å². The lowest BCUT2D eigenvalue weighted by Gasteiger charge is -2.23. The molecule has 0 aliphatic carbocycles. The lowest BCUT2D eigenvalue weighted by molar-refractivity contribution is -0.132. The molecule has 1 aliphatic rings. The van der Waals surface area contributed by atoms with Crippen LogP contribution in [0.3, 0.4) is 0 Å². The third-order valence-corrected chi connectivity index (χ3v) is 8.11. The van der Waals surface area contributed by atoms with Crippen molar-refractivity contribution in [1.29, 1.82) is 0 Å². The number of carbonyl (C=O) groups is 2. The molecule has 6 rings (SSSR count). The predicted molar refractivity (Wildman–Crippen MR) is 166 cm³/mol. The lowest BCUT2D eigenvalue weighted by atomic mass is 9.95. The first-order valence-electron chi connectivity index (χ1n) is 13.7. The van der Waals surface area contributed by atoms with Gasteiger partial charge in [-0.3, -0.25) is 14.5 Å². The van der Waals surface area contributed by atoms with Gasteiger partial charge in [0.2, 0.25) is 0 Å². The summed E-state index contributed by atoms with van der Waals surface area (Å²) >= 11 is 1.27. The van der Waals surface area contributed by atoms with Crippen LogP contribution < -0.4 is 19.1 Å². The average molecular weight is 593 g/mol. The maximum absolute atomic E-state index is 13.7. The molecule has 1 aliphatic heterocycles. The van der Waals surface area contributed by atoms with Crippen LogP contribution >= 0.6 is 11.3 Å². The smallest absolute Gasteiger partial charge is 0.301 e. The monoisotopic (exact) mass is 592 g/mol. The number of carbonyl (C=O) groups excluding carboxylic acids is 2. The normalized spacial score (nSPS) is 16.0. The van der Waals surface area contributed by atoms with Crippen molar-refractivity contribution < 1.29 is 28.9 Å². The highest BCUT2D eigenvalue weighted by molar-refractivity contribution is 7.22. The number of benzene rings is 4. The second-order valence-electron chi connectivity index (χ2n) is 9.80. The molecule has 1 aromatic heterocycles. The molecule has 0 spiro atoms. The first-order chi connectivity index (χ1) is 21.0. The summed E-state index contributed by atoms with van der Waals surface area (Å²) in [6.07, 6.45) is 0. The molecule has 5 aromatic rings. The van der Waals surface area contributed by atoms with Gasteiger partial charge in [-0.05, 0) is 60.5 Å². The molecule has 1 unspecified atom stereocenters. The largest absolute Gasteiger partial charge is 0.507 e. The number of aliphatic hydroxyl groups excluding tert-OH is 1. The number of aromatic nitrogens is 1. The van der Waals surface area contributed by atoms with Crippen LogP contribution in [0.15, 0.2) is 103 Å². The zero-order valence-corrected chi connectivity index (χ0v) is 24.3. The van der Waals surface area contributed by atoms with Crippen LogP contribution in [0.4, 0.5) is 5.13 Å². The minimum atomic E-state index is -0.929. The molecular formula is C34H28N2O6S. The van der Waals surface area contributed by atoms with Crippen LogP contribution in [-0.2, 0) is 16.2 Å². The second kappa shape index (κ2) is 12.0. The van der Waals surface area contributed by atoms with Gasteiger partial charge in [-0.1, -0.05) is 65.9 Å². The van der Waals surface area contributed by atoms with Gasteiger partial charge in [0, 0.05) is 5.56 Å². The Bertz CT molecular complexity index is 1830. The van der Waals surface area contributed by atoms with Crippen molar-refractivity contribution >= 4 is 44.1 Å². The topological polar surface area (TPSA) is 98.2 Å². The predicted octanol–water partition coefficient (Wildman–Crippen LogP) is 6.91. The number of ether oxygens (including phenoxy) is 3. The van der Waals surface area contributed by atoms with Gasteiger partial charge in [0.1, 0.15) is 29.6 Å². The van der Waals surface area contributed by atoms with E-state index in [9.17, 15) is 14.7 Å². The molecule has 216 valence electrons. The van der Waals surface area contributed by atoms with E-state index in [0.717, 1.165) is 10.3 Å². The van der Waals surface area contributed by atoms with Crippen molar-refractivity contribution in [1.82, 2.24) is 4.98 Å². The number of ketones is 1. The maximum atomic E-state index is 13.7. The number of amides is 1. The first-order valence-corrected chi connectivity index (χ1v) is 14.5. The molecule has 4 aromatic carbocycles. The Morgan fingerprint density at radius 1 is 0.884 bits per heavy atom. The van der Waals surface area contributed by atoms with Crippen LogP contribution in [-0.4, -0.2) is 35.5 Å². The Hall–Kier alpha value is -5.15. The standard InChI is InChI=1S/C34H28N2O6S/c1-3-41-26-11-7-10-23(18-26)31(37)29-30(22-12-14-24(15-13-22)42-20-21-8-5-4-6-9-21)36(33(39)32(29)38)34-35-27-17-16-25(40-2)19-28(27)43-34/h4-19,30,37H,3,20H2,1-2H3. The zero-order valence-electron chi connectivity index (χ0n) is 23.5. The summed E-state index contributed by atoms with van der Waals surface area (Å²) in [5, 5.41) is 11.9. The molecule has 0 saturated carbocycles. The molecule has 9 heteroatoms. The number of thiazole rings is 1. The van der Waals surface area contributed by atoms with Gasteiger partial charge in [0.05, 0.1) is 35.5 Å². The maximum Gasteiger partial charge on any atom is 0.301 e. The highest BCUT2D eigenvalue weighted by atomic mass is 32.1. The van der Waals surface area contributed by atoms with E-state index in [1.807, 2.05) is 43.3 Å². The number of hydrogen-bond donors (Lipinski definition) is 1. The third kappa shape index (κ3) is 5.54. The number of Topliss-reactive ketones (excluding diaryl/α,β-unsaturated/α-hetero) is 1. The van der Waals surface area contributed by atoms with E-state index in [2.05, 4.69) is 4.98 Å². The Kier molecular flexibility index (Phi) is 7.81. The van der Waals surface area contributed by atoms with E-state index in [0.29, 0.717) is 52.2 Å². The van der Waals surface area contributed by atoms with Crippen LogP contribution in [0.1, 0.15) is 29.7 Å². The fraction of sp³-hybridized carbons (Fsp3) is 0.147. The van der Waals surface area contributed by atoms with Crippen molar-refractivity contribution in [2.24, 2.45) is 0 Å². The quantitative estimate of drug-likeness (QED) is 0.113. The van der Waals surface area contributed by atoms with E-state index in [-0.39, 0.29) is 11.3 Å². The molecule has 0 bridgehead atoms. The van der Waals surface area contributed by atoms with Crippen LogP contribution in [0.25, 0.3) is 16.0 Å². The minimum Gasteiger partial charge on any atom is -0.507 e. The Morgan fingerprint density at radius 2 is 1.65 bits per heavy atom. The summed E-state index contributed by atoms with van der Waals surface area (Å²) in [5.74, 6) is -0.0481. The van der Waals surface area contributed by atoms with Crippen LogP contribution in [0, 0.1) is 0 Å². The molecular weight excluding hydrogens is 564 g/mol. The summed E-state index contributed by atoms with van der Waals surface area (Å²) in [7, 11) is 1.58. The van der Waals surface area contributed by atoms with E-state index in [1.54, 1.807) is 67.8 Å². The van der Waals surface area contributed by atoms with Crippen molar-refractivity contribution in [3.8, 4) is 17.2 Å². The van der Waals surface area contributed by atoms with Gasteiger partial charge in [-0.2, -0.15) is 0 Å². The number of methoxy groups -OCH3 is 1. The highest BCUT2D eigenvalue weighted by Gasteiger charge is 2.48. The lowest BCUT2D eigenvalue weighted by Crippen LogP contribution is -2.29. The average Bonchev–Trinajstić information content (AvgIpc) is 3.58. The van der Waals surface area contributed by atoms with Crippen molar-refractivity contribution in [2.75, 3.05) is 18.6 Å². The minimum absolute atomic E-state index is 0.0339. The highest BCUT2D eigenvalue weighted by Crippen LogP contribution is 2.45.